The van der Waals surface area contributed by atoms with Crippen molar-refractivity contribution in [3.63, 3.8) is 0 Å². The van der Waals surface area contributed by atoms with Crippen LogP contribution in [0.25, 0.3) is 17.2 Å². The summed E-state index contributed by atoms with van der Waals surface area (Å²) in [4.78, 5) is 11.7. The van der Waals surface area contributed by atoms with Gasteiger partial charge in [-0.05, 0) is 22.4 Å². The summed E-state index contributed by atoms with van der Waals surface area (Å²) in [7, 11) is 0. The zero-order chi connectivity index (χ0) is 12.5. The fourth-order valence-corrected chi connectivity index (χ4v) is 1.55. The third-order valence-corrected chi connectivity index (χ3v) is 2.34. The second-order valence-electron chi connectivity index (χ2n) is 3.44. The van der Waals surface area contributed by atoms with Crippen molar-refractivity contribution in [2.45, 2.75) is 0 Å². The predicted octanol–water partition coefficient (Wildman–Crippen LogP) is 0.458. The Balaban J connectivity index is 2.26. The molecular weight excluding hydrogens is 238 g/mol. The van der Waals surface area contributed by atoms with Crippen molar-refractivity contribution in [3.8, 4) is 17.2 Å². The topological polar surface area (TPSA) is 113 Å². The number of nitrogens with two attached hydrogens (primary N) is 1. The maximum Gasteiger partial charge on any atom is 0.446 e. The lowest BCUT2D eigenvalue weighted by Crippen LogP contribution is -2.13. The number of hydrogen-bond acceptors (Lipinski definition) is 7. The molecule has 0 fully saturated rings. The van der Waals surface area contributed by atoms with Crippen LogP contribution in [0.4, 0.5) is 5.82 Å². The first kappa shape index (κ1) is 10.3. The Bertz CT molecular complexity index is 727. The molecule has 0 aliphatic rings. The normalized spacial score (nSPS) is 10.7. The fourth-order valence-electron chi connectivity index (χ4n) is 1.55. The fraction of sp³-hybridized carbons (Fsp3) is 0. The van der Waals surface area contributed by atoms with E-state index >= 15 is 0 Å². The largest absolute Gasteiger partial charge is 0.446 e. The van der Waals surface area contributed by atoms with Crippen LogP contribution in [0.3, 0.4) is 0 Å². The average molecular weight is 245 g/mol. The highest BCUT2D eigenvalue weighted by Crippen LogP contribution is 2.21. The Morgan fingerprint density at radius 3 is 2.56 bits per heavy atom. The number of rotatable bonds is 2. The van der Waals surface area contributed by atoms with E-state index in [1.54, 1.807) is 24.3 Å². The van der Waals surface area contributed by atoms with Gasteiger partial charge in [-0.2, -0.15) is 0 Å². The molecule has 1 aromatic carbocycles. The molecule has 0 aliphatic carbocycles. The quantitative estimate of drug-likeness (QED) is 0.697. The average Bonchev–Trinajstić information content (AvgIpc) is 2.96. The number of para-hydroxylation sites is 1. The summed E-state index contributed by atoms with van der Waals surface area (Å²) in [6.07, 6.45) is 0. The van der Waals surface area contributed by atoms with E-state index in [-0.39, 0.29) is 17.3 Å². The minimum atomic E-state index is -0.640. The second-order valence-corrected chi connectivity index (χ2v) is 3.44. The first-order valence-electron chi connectivity index (χ1n) is 5.00. The number of nitrogen functional groups attached to an aromatic ring is 1. The molecule has 8 heteroatoms. The second kappa shape index (κ2) is 3.84. The van der Waals surface area contributed by atoms with E-state index in [9.17, 15) is 4.79 Å². The highest BCUT2D eigenvalue weighted by molar-refractivity contribution is 5.63. The molecule has 0 bridgehead atoms. The van der Waals surface area contributed by atoms with E-state index in [0.29, 0.717) is 5.69 Å². The Morgan fingerprint density at radius 1 is 1.11 bits per heavy atom. The molecule has 2 heterocycles. The summed E-state index contributed by atoms with van der Waals surface area (Å²) in [6, 6.07) is 8.84. The molecule has 18 heavy (non-hydrogen) atoms. The van der Waals surface area contributed by atoms with Crippen LogP contribution >= 0.6 is 0 Å². The van der Waals surface area contributed by atoms with Crippen LogP contribution < -0.4 is 11.5 Å². The van der Waals surface area contributed by atoms with Crippen molar-refractivity contribution in [2.24, 2.45) is 0 Å². The molecule has 3 aromatic rings. The number of nitrogens with zero attached hydrogens (tertiary/aromatic N) is 4. The highest BCUT2D eigenvalue weighted by atomic mass is 16.6. The van der Waals surface area contributed by atoms with Gasteiger partial charge in [0.1, 0.15) is 0 Å². The van der Waals surface area contributed by atoms with Gasteiger partial charge in [-0.25, -0.2) is 14.0 Å². The van der Waals surface area contributed by atoms with Crippen molar-refractivity contribution in [1.29, 1.82) is 0 Å². The van der Waals surface area contributed by atoms with Gasteiger partial charge in [-0.1, -0.05) is 23.4 Å². The van der Waals surface area contributed by atoms with E-state index in [2.05, 4.69) is 24.6 Å². The summed E-state index contributed by atoms with van der Waals surface area (Å²) in [5, 5.41) is 10.7. The predicted molar refractivity (Wildman–Crippen MR) is 59.8 cm³/mol. The molecule has 3 rings (SSSR count). The van der Waals surface area contributed by atoms with E-state index in [1.807, 2.05) is 6.07 Å². The zero-order valence-corrected chi connectivity index (χ0v) is 8.98. The van der Waals surface area contributed by atoms with Gasteiger partial charge in [0, 0.05) is 0 Å². The monoisotopic (exact) mass is 245 g/mol. The van der Waals surface area contributed by atoms with Crippen LogP contribution in [-0.4, -0.2) is 20.0 Å². The molecule has 0 radical (unpaired) electrons. The smallest absolute Gasteiger partial charge is 0.379 e. The van der Waals surface area contributed by atoms with Crippen molar-refractivity contribution in [2.75, 3.05) is 5.73 Å². The Morgan fingerprint density at radius 2 is 1.89 bits per heavy atom. The van der Waals surface area contributed by atoms with E-state index < -0.39 is 5.76 Å². The summed E-state index contributed by atoms with van der Waals surface area (Å²) in [6.45, 7) is 0. The van der Waals surface area contributed by atoms with Gasteiger partial charge >= 0.3 is 5.76 Å². The molecule has 2 aromatic heterocycles. The zero-order valence-electron chi connectivity index (χ0n) is 8.98. The molecule has 0 saturated heterocycles. The van der Waals surface area contributed by atoms with Gasteiger partial charge in [0.15, 0.2) is 11.5 Å². The summed E-state index contributed by atoms with van der Waals surface area (Å²) >= 11 is 0. The van der Waals surface area contributed by atoms with Crippen molar-refractivity contribution in [3.05, 3.63) is 40.9 Å². The molecule has 0 atom stereocenters. The maximum absolute atomic E-state index is 11.7. The van der Waals surface area contributed by atoms with Crippen molar-refractivity contribution < 1.29 is 9.15 Å². The van der Waals surface area contributed by atoms with Gasteiger partial charge in [-0.3, -0.25) is 4.52 Å². The minimum absolute atomic E-state index is 0.0352. The number of anilines is 1. The lowest BCUT2D eigenvalue weighted by atomic mass is 10.3. The molecule has 8 nitrogen and oxygen atoms in total. The Hall–Kier alpha value is -2.90. The summed E-state index contributed by atoms with van der Waals surface area (Å²) in [5.74, 6) is -0.462. The van der Waals surface area contributed by atoms with Crippen LogP contribution in [0.2, 0.25) is 0 Å². The first-order valence-corrected chi connectivity index (χ1v) is 5.00. The van der Waals surface area contributed by atoms with Gasteiger partial charge in [0.25, 0.3) is 0 Å². The molecule has 0 aliphatic heterocycles. The molecule has 0 amide bonds. The maximum atomic E-state index is 11.7. The molecule has 90 valence electrons. The van der Waals surface area contributed by atoms with E-state index in [4.69, 9.17) is 5.73 Å². The van der Waals surface area contributed by atoms with Crippen LogP contribution in [0, 0.1) is 0 Å². The molecule has 0 saturated carbocycles. The van der Waals surface area contributed by atoms with Gasteiger partial charge in [0.05, 0.1) is 5.69 Å². The van der Waals surface area contributed by atoms with Gasteiger partial charge < -0.3 is 5.73 Å². The van der Waals surface area contributed by atoms with Crippen molar-refractivity contribution in [1.82, 2.24) is 20.0 Å². The molecular formula is C10H7N5O3. The SMILES string of the molecule is Nc1nonc1-c1noc(=O)n1-c1ccccc1. The molecule has 0 unspecified atom stereocenters. The van der Waals surface area contributed by atoms with Gasteiger partial charge in [-0.15, -0.1) is 0 Å². The first-order chi connectivity index (χ1) is 8.77. The molecule has 2 N–H and O–H groups in total. The van der Waals surface area contributed by atoms with Crippen LogP contribution in [0.15, 0.2) is 44.3 Å². The molecule has 0 spiro atoms. The van der Waals surface area contributed by atoms with Gasteiger partial charge in [0.2, 0.25) is 5.82 Å². The third-order valence-electron chi connectivity index (χ3n) is 2.34. The highest BCUT2D eigenvalue weighted by Gasteiger charge is 2.20. The Labute approximate surface area is 99.6 Å². The Kier molecular flexibility index (Phi) is 2.19. The number of hydrogen-bond donors (Lipinski definition) is 1. The standard InChI is InChI=1S/C10H7N5O3/c11-8-7(12-18-13-8)9-14-17-10(16)15(9)6-4-2-1-3-5-6/h1-5H,(H2,11,13). The lowest BCUT2D eigenvalue weighted by Gasteiger charge is -2.01. The third kappa shape index (κ3) is 1.47. The summed E-state index contributed by atoms with van der Waals surface area (Å²) < 4.78 is 10.3. The number of aromatic nitrogens is 4. The summed E-state index contributed by atoms with van der Waals surface area (Å²) in [5.41, 5.74) is 6.31. The van der Waals surface area contributed by atoms with Crippen LogP contribution in [-0.2, 0) is 0 Å². The lowest BCUT2D eigenvalue weighted by molar-refractivity contribution is 0.310. The van der Waals surface area contributed by atoms with E-state index in [1.165, 1.54) is 4.57 Å². The van der Waals surface area contributed by atoms with Crippen LogP contribution in [0.5, 0.6) is 0 Å². The van der Waals surface area contributed by atoms with Crippen LogP contribution in [0.1, 0.15) is 0 Å². The number of benzene rings is 1. The minimum Gasteiger partial charge on any atom is -0.379 e. The van der Waals surface area contributed by atoms with E-state index in [0.717, 1.165) is 0 Å². The van der Waals surface area contributed by atoms with Crippen molar-refractivity contribution >= 4 is 5.82 Å².